The highest BCUT2D eigenvalue weighted by Crippen LogP contribution is 2.39. The Kier molecular flexibility index (Phi) is 5.31. The molecular weight excluding hydrogens is 402 g/mol. The molecule has 5 rings (SSSR count). The Morgan fingerprint density at radius 1 is 1.22 bits per heavy atom. The lowest BCUT2D eigenvalue weighted by molar-refractivity contribution is -0.133. The summed E-state index contributed by atoms with van der Waals surface area (Å²) in [6.45, 7) is 2.61. The third-order valence-electron chi connectivity index (χ3n) is 6.42. The lowest BCUT2D eigenvalue weighted by Crippen LogP contribution is -2.42. The van der Waals surface area contributed by atoms with Crippen LogP contribution in [0.3, 0.4) is 0 Å². The number of carbonyl (C=O) groups excluding carboxylic acids is 1. The smallest absolute Gasteiger partial charge is 0.250 e. The number of aliphatic hydroxyl groups excluding tert-OH is 1. The van der Waals surface area contributed by atoms with Gasteiger partial charge < -0.3 is 19.3 Å². The van der Waals surface area contributed by atoms with E-state index >= 15 is 0 Å². The number of amides is 1. The minimum Gasteiger partial charge on any atom is -0.495 e. The Balaban J connectivity index is 1.44. The van der Waals surface area contributed by atoms with E-state index in [4.69, 9.17) is 4.74 Å². The van der Waals surface area contributed by atoms with Crippen molar-refractivity contribution in [3.63, 3.8) is 0 Å². The largest absolute Gasteiger partial charge is 0.495 e. The first-order chi connectivity index (χ1) is 15.5. The Bertz CT molecular complexity index is 1200. The number of nitrogens with zero attached hydrogens (tertiary/aromatic N) is 3. The lowest BCUT2D eigenvalue weighted by atomic mass is 9.96. The quantitative estimate of drug-likeness (QED) is 0.640. The van der Waals surface area contributed by atoms with E-state index in [1.807, 2.05) is 71.1 Å². The van der Waals surface area contributed by atoms with E-state index in [1.54, 1.807) is 13.4 Å². The van der Waals surface area contributed by atoms with Gasteiger partial charge in [-0.15, -0.1) is 0 Å². The Hall–Kier alpha value is -3.38. The number of likely N-dealkylation sites (tertiary alicyclic amines) is 1. The molecule has 1 N–H and O–H groups in total. The molecule has 1 aliphatic heterocycles. The van der Waals surface area contributed by atoms with Crippen LogP contribution in [0.4, 0.5) is 0 Å². The number of aliphatic hydroxyl groups is 1. The van der Waals surface area contributed by atoms with Crippen LogP contribution >= 0.6 is 0 Å². The molecule has 1 aromatic heterocycles. The molecule has 1 saturated heterocycles. The maximum absolute atomic E-state index is 13.4. The van der Waals surface area contributed by atoms with Crippen molar-refractivity contribution in [1.29, 1.82) is 0 Å². The summed E-state index contributed by atoms with van der Waals surface area (Å²) in [5.41, 5.74) is 5.71. The van der Waals surface area contributed by atoms with Gasteiger partial charge in [0, 0.05) is 24.7 Å². The van der Waals surface area contributed by atoms with E-state index in [0.29, 0.717) is 13.0 Å². The fourth-order valence-corrected chi connectivity index (χ4v) is 4.91. The summed E-state index contributed by atoms with van der Waals surface area (Å²) in [5.74, 6) is 0.724. The van der Waals surface area contributed by atoms with Gasteiger partial charge in [-0.1, -0.05) is 30.3 Å². The zero-order valence-corrected chi connectivity index (χ0v) is 18.4. The van der Waals surface area contributed by atoms with E-state index in [1.165, 1.54) is 0 Å². The molecule has 0 spiro atoms. The predicted molar refractivity (Wildman–Crippen MR) is 123 cm³/mol. The van der Waals surface area contributed by atoms with Crippen LogP contribution in [0.5, 0.6) is 5.75 Å². The van der Waals surface area contributed by atoms with Gasteiger partial charge in [0.25, 0.3) is 0 Å². The number of aryl methyl sites for hydroxylation is 1. The minimum atomic E-state index is -0.561. The van der Waals surface area contributed by atoms with E-state index in [0.717, 1.165) is 52.2 Å². The van der Waals surface area contributed by atoms with E-state index in [2.05, 4.69) is 4.98 Å². The number of ether oxygens (including phenoxy) is 1. The molecule has 1 fully saturated rings. The van der Waals surface area contributed by atoms with Crippen molar-refractivity contribution in [3.8, 4) is 11.4 Å². The molecule has 3 aromatic rings. The van der Waals surface area contributed by atoms with Crippen LogP contribution in [0.1, 0.15) is 41.3 Å². The van der Waals surface area contributed by atoms with Gasteiger partial charge in [0.15, 0.2) is 0 Å². The van der Waals surface area contributed by atoms with Crippen LogP contribution in [0.25, 0.3) is 11.8 Å². The van der Waals surface area contributed by atoms with Crippen LogP contribution in [0.15, 0.2) is 60.6 Å². The zero-order chi connectivity index (χ0) is 22.2. The van der Waals surface area contributed by atoms with Crippen molar-refractivity contribution >= 4 is 12.0 Å². The molecule has 6 heteroatoms. The number of fused-ring (bicyclic) bond motifs is 1. The molecule has 1 aliphatic carbocycles. The first-order valence-corrected chi connectivity index (χ1v) is 11.0. The molecule has 1 amide bonds. The van der Waals surface area contributed by atoms with Crippen molar-refractivity contribution in [2.75, 3.05) is 13.7 Å². The van der Waals surface area contributed by atoms with E-state index < -0.39 is 6.10 Å². The number of hydrogen-bond acceptors (Lipinski definition) is 4. The van der Waals surface area contributed by atoms with Gasteiger partial charge in [0.2, 0.25) is 5.91 Å². The second kappa shape index (κ2) is 8.28. The Labute approximate surface area is 187 Å². The van der Waals surface area contributed by atoms with Crippen molar-refractivity contribution in [3.05, 3.63) is 82.9 Å². The van der Waals surface area contributed by atoms with Crippen molar-refractivity contribution in [2.24, 2.45) is 0 Å². The van der Waals surface area contributed by atoms with Crippen molar-refractivity contribution in [2.45, 2.75) is 38.3 Å². The van der Waals surface area contributed by atoms with Gasteiger partial charge in [-0.25, -0.2) is 4.98 Å². The van der Waals surface area contributed by atoms with Gasteiger partial charge in [-0.3, -0.25) is 4.79 Å². The van der Waals surface area contributed by atoms with Crippen LogP contribution < -0.4 is 4.74 Å². The fraction of sp³-hybridized carbons (Fsp3) is 0.308. The predicted octanol–water partition coefficient (Wildman–Crippen LogP) is 3.85. The highest BCUT2D eigenvalue weighted by molar-refractivity contribution is 5.99. The number of rotatable bonds is 4. The molecule has 2 atom stereocenters. The molecule has 2 aliphatic rings. The molecule has 32 heavy (non-hydrogen) atoms. The van der Waals surface area contributed by atoms with Gasteiger partial charge in [-0.2, -0.15) is 0 Å². The number of benzene rings is 2. The molecule has 0 radical (unpaired) electrons. The summed E-state index contributed by atoms with van der Waals surface area (Å²) in [6, 6.07) is 13.7. The molecule has 0 unspecified atom stereocenters. The highest BCUT2D eigenvalue weighted by Gasteiger charge is 2.39. The average molecular weight is 430 g/mol. The molecule has 164 valence electrons. The number of carbonyl (C=O) groups is 1. The standard InChI is InChI=1S/C26H27N3O3/c1-17-15-28(16-27-17)22-10-9-18(13-24(22)32-2)12-20-7-5-11-29(26(20)31)25-21-8-4-3-6-19(21)14-23(25)30/h3-4,6,8-10,12-13,15-16,23,25,30H,5,7,11,14H2,1-2H3/t23-,25+/m0/s1. The molecule has 0 saturated carbocycles. The fourth-order valence-electron chi connectivity index (χ4n) is 4.91. The lowest BCUT2D eigenvalue weighted by Gasteiger charge is -2.35. The maximum atomic E-state index is 13.4. The second-order valence-electron chi connectivity index (χ2n) is 8.54. The first-order valence-electron chi connectivity index (χ1n) is 11.0. The first kappa shape index (κ1) is 20.5. The zero-order valence-electron chi connectivity index (χ0n) is 18.4. The number of piperidine rings is 1. The number of imidazole rings is 1. The third kappa shape index (κ3) is 3.60. The summed E-state index contributed by atoms with van der Waals surface area (Å²) < 4.78 is 7.54. The summed E-state index contributed by atoms with van der Waals surface area (Å²) >= 11 is 0. The number of hydrogen-bond donors (Lipinski definition) is 1. The third-order valence-corrected chi connectivity index (χ3v) is 6.42. The SMILES string of the molecule is COc1cc(C=C2CCCN([C@@H]3c4ccccc4C[C@@H]3O)C2=O)ccc1-n1cnc(C)c1. The van der Waals surface area contributed by atoms with Crippen LogP contribution in [-0.2, 0) is 11.2 Å². The number of aromatic nitrogens is 2. The Morgan fingerprint density at radius 3 is 2.84 bits per heavy atom. The molecule has 2 heterocycles. The van der Waals surface area contributed by atoms with Gasteiger partial charge >= 0.3 is 0 Å². The normalized spacial score (nSPS) is 21.8. The van der Waals surface area contributed by atoms with Crippen LogP contribution in [0, 0.1) is 6.92 Å². The monoisotopic (exact) mass is 429 g/mol. The van der Waals surface area contributed by atoms with Crippen molar-refractivity contribution < 1.29 is 14.6 Å². The topological polar surface area (TPSA) is 67.6 Å². The second-order valence-corrected chi connectivity index (χ2v) is 8.54. The van der Waals surface area contributed by atoms with Gasteiger partial charge in [0.05, 0.1) is 37.0 Å². The van der Waals surface area contributed by atoms with Crippen molar-refractivity contribution in [1.82, 2.24) is 14.5 Å². The highest BCUT2D eigenvalue weighted by atomic mass is 16.5. The maximum Gasteiger partial charge on any atom is 0.250 e. The van der Waals surface area contributed by atoms with Crippen LogP contribution in [0.2, 0.25) is 0 Å². The summed E-state index contributed by atoms with van der Waals surface area (Å²) in [4.78, 5) is 19.6. The van der Waals surface area contributed by atoms with Gasteiger partial charge in [-0.05, 0) is 54.7 Å². The minimum absolute atomic E-state index is 0.00489. The summed E-state index contributed by atoms with van der Waals surface area (Å²) in [6.07, 6.45) is 7.30. The average Bonchev–Trinajstić information content (AvgIpc) is 3.37. The molecule has 6 nitrogen and oxygen atoms in total. The molecule has 2 aromatic carbocycles. The summed E-state index contributed by atoms with van der Waals surface area (Å²) in [7, 11) is 1.64. The Morgan fingerprint density at radius 2 is 2.06 bits per heavy atom. The molecular formula is C26H27N3O3. The molecule has 0 bridgehead atoms. The van der Waals surface area contributed by atoms with E-state index in [-0.39, 0.29) is 11.9 Å². The van der Waals surface area contributed by atoms with E-state index in [9.17, 15) is 9.90 Å². The van der Waals surface area contributed by atoms with Crippen LogP contribution in [-0.4, -0.2) is 45.2 Å². The number of methoxy groups -OCH3 is 1. The van der Waals surface area contributed by atoms with Gasteiger partial charge in [0.1, 0.15) is 5.75 Å². The summed E-state index contributed by atoms with van der Waals surface area (Å²) in [5, 5.41) is 10.7.